The SMILES string of the molecule is O=C(O)c1csc(C#CCCCl)n1. The number of carboxylic acid groups (broad SMARTS) is 1. The quantitative estimate of drug-likeness (QED) is 0.605. The van der Waals surface area contributed by atoms with Crippen LogP contribution in [0.3, 0.4) is 0 Å². The van der Waals surface area contributed by atoms with Crippen LogP contribution in [0.5, 0.6) is 0 Å². The lowest BCUT2D eigenvalue weighted by Gasteiger charge is -1.80. The van der Waals surface area contributed by atoms with E-state index < -0.39 is 5.97 Å². The molecule has 0 unspecified atom stereocenters. The minimum atomic E-state index is -1.03. The van der Waals surface area contributed by atoms with Gasteiger partial charge in [-0.05, 0) is 5.92 Å². The molecule has 0 aliphatic carbocycles. The maximum absolute atomic E-state index is 10.4. The minimum Gasteiger partial charge on any atom is -0.476 e. The first kappa shape index (κ1) is 10.0. The Bertz CT molecular complexity index is 364. The Kier molecular flexibility index (Phi) is 3.74. The fourth-order valence-electron chi connectivity index (χ4n) is 0.615. The maximum Gasteiger partial charge on any atom is 0.355 e. The Morgan fingerprint density at radius 3 is 3.08 bits per heavy atom. The molecule has 0 fully saturated rings. The topological polar surface area (TPSA) is 50.2 Å². The molecule has 0 amide bonds. The third-order valence-corrected chi connectivity index (χ3v) is 2.08. The number of thiazole rings is 1. The molecule has 13 heavy (non-hydrogen) atoms. The van der Waals surface area contributed by atoms with Crippen molar-refractivity contribution >= 4 is 28.9 Å². The fraction of sp³-hybridized carbons (Fsp3) is 0.250. The number of hydrogen-bond donors (Lipinski definition) is 1. The van der Waals surface area contributed by atoms with E-state index in [9.17, 15) is 4.79 Å². The van der Waals surface area contributed by atoms with Crippen molar-refractivity contribution in [1.82, 2.24) is 4.98 Å². The van der Waals surface area contributed by atoms with Crippen LogP contribution in [0.15, 0.2) is 5.38 Å². The maximum atomic E-state index is 10.4. The summed E-state index contributed by atoms with van der Waals surface area (Å²) < 4.78 is 0. The Morgan fingerprint density at radius 1 is 1.77 bits per heavy atom. The molecule has 1 aromatic heterocycles. The van der Waals surface area contributed by atoms with Gasteiger partial charge in [0.2, 0.25) is 0 Å². The molecule has 0 saturated carbocycles. The monoisotopic (exact) mass is 215 g/mol. The summed E-state index contributed by atoms with van der Waals surface area (Å²) in [6.07, 6.45) is 0.587. The predicted molar refractivity (Wildman–Crippen MR) is 51.3 cm³/mol. The molecule has 1 aromatic rings. The van der Waals surface area contributed by atoms with Crippen LogP contribution in [0.2, 0.25) is 0 Å². The number of carbonyl (C=O) groups is 1. The van der Waals surface area contributed by atoms with Crippen LogP contribution < -0.4 is 0 Å². The normalized spacial score (nSPS) is 9.00. The molecule has 0 saturated heterocycles. The van der Waals surface area contributed by atoms with Gasteiger partial charge in [-0.2, -0.15) is 0 Å². The highest BCUT2D eigenvalue weighted by Crippen LogP contribution is 2.07. The minimum absolute atomic E-state index is 0.0418. The van der Waals surface area contributed by atoms with Crippen molar-refractivity contribution in [3.05, 3.63) is 16.1 Å². The average Bonchev–Trinajstić information content (AvgIpc) is 2.53. The molecule has 1 heterocycles. The van der Waals surface area contributed by atoms with Crippen LogP contribution in [0, 0.1) is 11.8 Å². The highest BCUT2D eigenvalue weighted by Gasteiger charge is 2.06. The van der Waals surface area contributed by atoms with Crippen molar-refractivity contribution in [3.63, 3.8) is 0 Å². The first-order chi connectivity index (χ1) is 6.24. The van der Waals surface area contributed by atoms with Gasteiger partial charge in [0, 0.05) is 17.7 Å². The van der Waals surface area contributed by atoms with Gasteiger partial charge in [0.1, 0.15) is 0 Å². The highest BCUT2D eigenvalue weighted by molar-refractivity contribution is 7.10. The van der Waals surface area contributed by atoms with Crippen LogP contribution in [-0.4, -0.2) is 21.9 Å². The van der Waals surface area contributed by atoms with E-state index in [-0.39, 0.29) is 5.69 Å². The van der Waals surface area contributed by atoms with Gasteiger partial charge in [-0.25, -0.2) is 9.78 Å². The Morgan fingerprint density at radius 2 is 2.54 bits per heavy atom. The lowest BCUT2D eigenvalue weighted by molar-refractivity contribution is 0.0691. The van der Waals surface area contributed by atoms with Gasteiger partial charge in [0.05, 0.1) is 0 Å². The lowest BCUT2D eigenvalue weighted by atomic mass is 10.4. The second-order valence-corrected chi connectivity index (χ2v) is 3.32. The molecule has 0 bridgehead atoms. The Hall–Kier alpha value is -1.05. The van der Waals surface area contributed by atoms with Crippen molar-refractivity contribution in [1.29, 1.82) is 0 Å². The fourth-order valence-corrected chi connectivity index (χ4v) is 1.37. The summed E-state index contributed by atoms with van der Waals surface area (Å²) in [5.74, 6) is 4.96. The van der Waals surface area contributed by atoms with Crippen molar-refractivity contribution in [2.24, 2.45) is 0 Å². The molecule has 1 N–H and O–H groups in total. The molecule has 0 aliphatic heterocycles. The van der Waals surface area contributed by atoms with E-state index in [2.05, 4.69) is 16.8 Å². The van der Waals surface area contributed by atoms with Gasteiger partial charge in [-0.1, -0.05) is 5.92 Å². The number of carboxylic acids is 1. The summed E-state index contributed by atoms with van der Waals surface area (Å²) in [7, 11) is 0. The number of alkyl halides is 1. The van der Waals surface area contributed by atoms with Crippen LogP contribution in [0.1, 0.15) is 21.9 Å². The first-order valence-corrected chi connectivity index (χ1v) is 4.89. The van der Waals surface area contributed by atoms with E-state index in [0.717, 1.165) is 0 Å². The zero-order valence-electron chi connectivity index (χ0n) is 6.58. The van der Waals surface area contributed by atoms with E-state index in [4.69, 9.17) is 16.7 Å². The first-order valence-electron chi connectivity index (χ1n) is 3.47. The van der Waals surface area contributed by atoms with E-state index >= 15 is 0 Å². The summed E-state index contributed by atoms with van der Waals surface area (Å²) in [5.41, 5.74) is 0.0418. The van der Waals surface area contributed by atoms with Crippen LogP contribution in [0.4, 0.5) is 0 Å². The molecule has 5 heteroatoms. The lowest BCUT2D eigenvalue weighted by Crippen LogP contribution is -1.95. The predicted octanol–water partition coefficient (Wildman–Crippen LogP) is 1.82. The van der Waals surface area contributed by atoms with Crippen molar-refractivity contribution in [2.45, 2.75) is 6.42 Å². The third kappa shape index (κ3) is 3.05. The third-order valence-electron chi connectivity index (χ3n) is 1.14. The molecule has 0 atom stereocenters. The summed E-state index contributed by atoms with van der Waals surface area (Å²) >= 11 is 6.63. The van der Waals surface area contributed by atoms with Gasteiger partial charge in [0.15, 0.2) is 10.7 Å². The molecule has 0 aromatic carbocycles. The van der Waals surface area contributed by atoms with Crippen LogP contribution >= 0.6 is 22.9 Å². The number of halogens is 1. The van der Waals surface area contributed by atoms with E-state index in [1.54, 1.807) is 0 Å². The zero-order chi connectivity index (χ0) is 9.68. The summed E-state index contributed by atoms with van der Waals surface area (Å²) in [6.45, 7) is 0. The van der Waals surface area contributed by atoms with Crippen molar-refractivity contribution in [2.75, 3.05) is 5.88 Å². The molecular weight excluding hydrogens is 210 g/mol. The molecule has 1 rings (SSSR count). The van der Waals surface area contributed by atoms with Gasteiger partial charge in [-0.15, -0.1) is 22.9 Å². The van der Waals surface area contributed by atoms with Gasteiger partial charge >= 0.3 is 5.97 Å². The van der Waals surface area contributed by atoms with Crippen LogP contribution in [-0.2, 0) is 0 Å². The smallest absolute Gasteiger partial charge is 0.355 e. The highest BCUT2D eigenvalue weighted by atomic mass is 35.5. The van der Waals surface area contributed by atoms with E-state index in [1.165, 1.54) is 16.7 Å². The number of nitrogens with zero attached hydrogens (tertiary/aromatic N) is 1. The number of aromatic carboxylic acids is 1. The average molecular weight is 216 g/mol. The second-order valence-electron chi connectivity index (χ2n) is 2.08. The molecule has 68 valence electrons. The summed E-state index contributed by atoms with van der Waals surface area (Å²) in [6, 6.07) is 0. The zero-order valence-corrected chi connectivity index (χ0v) is 8.15. The number of hydrogen-bond acceptors (Lipinski definition) is 3. The van der Waals surface area contributed by atoms with Crippen molar-refractivity contribution in [3.8, 4) is 11.8 Å². The Labute approximate surface area is 84.4 Å². The Balaban J connectivity index is 2.71. The number of aromatic nitrogens is 1. The largest absolute Gasteiger partial charge is 0.476 e. The summed E-state index contributed by atoms with van der Waals surface area (Å²) in [5, 5.41) is 10.5. The van der Waals surface area contributed by atoms with Gasteiger partial charge in [-0.3, -0.25) is 0 Å². The van der Waals surface area contributed by atoms with Crippen molar-refractivity contribution < 1.29 is 9.90 Å². The van der Waals surface area contributed by atoms with Gasteiger partial charge < -0.3 is 5.11 Å². The standard InChI is InChI=1S/C8H6ClNO2S/c9-4-2-1-3-7-10-6(5-13-7)8(11)12/h5H,2,4H2,(H,11,12). The molecule has 0 radical (unpaired) electrons. The number of rotatable bonds is 2. The molecule has 0 aliphatic rings. The molecule has 0 spiro atoms. The molecule has 3 nitrogen and oxygen atoms in total. The van der Waals surface area contributed by atoms with E-state index in [1.807, 2.05) is 0 Å². The van der Waals surface area contributed by atoms with E-state index in [0.29, 0.717) is 17.3 Å². The second kappa shape index (κ2) is 4.85. The van der Waals surface area contributed by atoms with Crippen LogP contribution in [0.25, 0.3) is 0 Å². The van der Waals surface area contributed by atoms with Gasteiger partial charge in [0.25, 0.3) is 0 Å². The summed E-state index contributed by atoms with van der Waals surface area (Å²) in [4.78, 5) is 14.2. The molecular formula is C8H6ClNO2S.